The largest absolute Gasteiger partial charge is 0.480 e. The molecular weight excluding hydrogens is 236 g/mol. The lowest BCUT2D eigenvalue weighted by Crippen LogP contribution is -2.46. The van der Waals surface area contributed by atoms with Crippen LogP contribution in [-0.4, -0.2) is 42.9 Å². The topological polar surface area (TPSA) is 87.7 Å². The van der Waals surface area contributed by atoms with Crippen molar-refractivity contribution in [1.29, 1.82) is 0 Å². The van der Waals surface area contributed by atoms with E-state index in [4.69, 9.17) is 16.3 Å². The van der Waals surface area contributed by atoms with Crippen LogP contribution in [0.4, 0.5) is 4.79 Å². The number of terminal acetylenes is 1. The van der Waals surface area contributed by atoms with Gasteiger partial charge < -0.3 is 20.5 Å². The Morgan fingerprint density at radius 3 is 2.72 bits per heavy atom. The number of amides is 2. The third-order valence-corrected chi connectivity index (χ3v) is 2.02. The van der Waals surface area contributed by atoms with Crippen molar-refractivity contribution in [2.45, 2.75) is 32.2 Å². The molecule has 2 amide bonds. The number of hydrogen-bond acceptors (Lipinski definition) is 3. The van der Waals surface area contributed by atoms with Gasteiger partial charge in [-0.1, -0.05) is 6.92 Å². The van der Waals surface area contributed by atoms with Crippen LogP contribution in [-0.2, 0) is 9.53 Å². The van der Waals surface area contributed by atoms with Crippen molar-refractivity contribution in [3.8, 4) is 12.3 Å². The minimum Gasteiger partial charge on any atom is -0.480 e. The summed E-state index contributed by atoms with van der Waals surface area (Å²) in [5, 5.41) is 13.6. The van der Waals surface area contributed by atoms with Gasteiger partial charge in [-0.15, -0.1) is 12.3 Å². The summed E-state index contributed by atoms with van der Waals surface area (Å²) >= 11 is 0. The molecule has 0 aromatic heterocycles. The summed E-state index contributed by atoms with van der Waals surface area (Å²) in [5.41, 5.74) is 0. The highest BCUT2D eigenvalue weighted by atomic mass is 16.5. The average molecular weight is 256 g/mol. The molecule has 1 atom stereocenters. The van der Waals surface area contributed by atoms with Crippen LogP contribution in [0, 0.1) is 12.3 Å². The molecule has 0 aliphatic carbocycles. The van der Waals surface area contributed by atoms with E-state index >= 15 is 0 Å². The van der Waals surface area contributed by atoms with Gasteiger partial charge in [0.15, 0.2) is 0 Å². The third kappa shape index (κ3) is 8.42. The van der Waals surface area contributed by atoms with E-state index < -0.39 is 18.0 Å². The minimum absolute atomic E-state index is 0.0393. The first kappa shape index (κ1) is 16.3. The number of ether oxygens (including phenoxy) is 1. The van der Waals surface area contributed by atoms with Crippen LogP contribution >= 0.6 is 0 Å². The standard InChI is InChI=1S/C12H20N2O4/c1-3-6-10(11(15)16)14-12(17)13-7-5-9-18-8-4-2/h1,10H,4-9H2,2H3,(H,15,16)(H2,13,14,17). The predicted molar refractivity (Wildman–Crippen MR) is 67.1 cm³/mol. The lowest BCUT2D eigenvalue weighted by Gasteiger charge is -2.12. The van der Waals surface area contributed by atoms with E-state index in [9.17, 15) is 9.59 Å². The van der Waals surface area contributed by atoms with E-state index in [0.29, 0.717) is 26.2 Å². The van der Waals surface area contributed by atoms with Gasteiger partial charge in [-0.2, -0.15) is 0 Å². The maximum absolute atomic E-state index is 11.3. The Hall–Kier alpha value is -1.74. The molecule has 0 aromatic carbocycles. The molecule has 102 valence electrons. The van der Waals surface area contributed by atoms with Gasteiger partial charge >= 0.3 is 12.0 Å². The molecule has 0 heterocycles. The second-order valence-corrected chi connectivity index (χ2v) is 3.67. The zero-order valence-corrected chi connectivity index (χ0v) is 10.6. The molecule has 18 heavy (non-hydrogen) atoms. The fourth-order valence-electron chi connectivity index (χ4n) is 1.15. The molecule has 0 bridgehead atoms. The van der Waals surface area contributed by atoms with E-state index in [2.05, 4.69) is 16.6 Å². The molecule has 0 radical (unpaired) electrons. The first-order valence-electron chi connectivity index (χ1n) is 5.90. The third-order valence-electron chi connectivity index (χ3n) is 2.02. The van der Waals surface area contributed by atoms with Crippen molar-refractivity contribution in [2.24, 2.45) is 0 Å². The number of carbonyl (C=O) groups is 2. The fraction of sp³-hybridized carbons (Fsp3) is 0.667. The summed E-state index contributed by atoms with van der Waals surface area (Å²) in [6.45, 7) is 3.72. The van der Waals surface area contributed by atoms with Crippen LogP contribution in [0.15, 0.2) is 0 Å². The second-order valence-electron chi connectivity index (χ2n) is 3.67. The summed E-state index contributed by atoms with van der Waals surface area (Å²) in [4.78, 5) is 22.0. The van der Waals surface area contributed by atoms with Crippen molar-refractivity contribution >= 4 is 12.0 Å². The van der Waals surface area contributed by atoms with Gasteiger partial charge in [0.1, 0.15) is 6.04 Å². The Kier molecular flexibility index (Phi) is 9.41. The molecule has 0 aliphatic rings. The summed E-state index contributed by atoms with van der Waals surface area (Å²) in [7, 11) is 0. The lowest BCUT2D eigenvalue weighted by molar-refractivity contribution is -0.139. The molecule has 6 nitrogen and oxygen atoms in total. The molecule has 0 saturated carbocycles. The van der Waals surface area contributed by atoms with Crippen LogP contribution in [0.2, 0.25) is 0 Å². The molecule has 0 fully saturated rings. The van der Waals surface area contributed by atoms with Crippen LogP contribution in [0.5, 0.6) is 0 Å². The van der Waals surface area contributed by atoms with Crippen molar-refractivity contribution < 1.29 is 19.4 Å². The van der Waals surface area contributed by atoms with E-state index in [1.807, 2.05) is 6.92 Å². The number of carbonyl (C=O) groups excluding carboxylic acids is 1. The van der Waals surface area contributed by atoms with Gasteiger partial charge in [0, 0.05) is 26.2 Å². The highest BCUT2D eigenvalue weighted by Gasteiger charge is 2.17. The van der Waals surface area contributed by atoms with Crippen molar-refractivity contribution in [3.63, 3.8) is 0 Å². The predicted octanol–water partition coefficient (Wildman–Crippen LogP) is 0.579. The maximum atomic E-state index is 11.3. The Morgan fingerprint density at radius 1 is 1.44 bits per heavy atom. The SMILES string of the molecule is C#CCC(NC(=O)NCCCOCCC)C(=O)O. The zero-order chi connectivity index (χ0) is 13.8. The van der Waals surface area contributed by atoms with E-state index in [1.54, 1.807) is 0 Å². The van der Waals surface area contributed by atoms with Crippen molar-refractivity contribution in [3.05, 3.63) is 0 Å². The van der Waals surface area contributed by atoms with Gasteiger partial charge in [-0.05, 0) is 12.8 Å². The number of carboxylic acids is 1. The molecule has 0 aromatic rings. The molecule has 0 saturated heterocycles. The van der Waals surface area contributed by atoms with Gasteiger partial charge in [0.25, 0.3) is 0 Å². The summed E-state index contributed by atoms with van der Waals surface area (Å²) in [6, 6.07) is -1.58. The van der Waals surface area contributed by atoms with Crippen LogP contribution in [0.1, 0.15) is 26.2 Å². The van der Waals surface area contributed by atoms with Gasteiger partial charge in [-0.25, -0.2) is 9.59 Å². The van der Waals surface area contributed by atoms with Crippen LogP contribution < -0.4 is 10.6 Å². The number of hydrogen-bond donors (Lipinski definition) is 3. The van der Waals surface area contributed by atoms with Crippen LogP contribution in [0.25, 0.3) is 0 Å². The van der Waals surface area contributed by atoms with E-state index in [-0.39, 0.29) is 6.42 Å². The molecule has 0 rings (SSSR count). The summed E-state index contributed by atoms with van der Waals surface area (Å²) < 4.78 is 5.23. The van der Waals surface area contributed by atoms with Gasteiger partial charge in [-0.3, -0.25) is 0 Å². The molecule has 0 aliphatic heterocycles. The number of carboxylic acid groups (broad SMARTS) is 1. The zero-order valence-electron chi connectivity index (χ0n) is 10.6. The smallest absolute Gasteiger partial charge is 0.327 e. The first-order valence-corrected chi connectivity index (χ1v) is 5.90. The summed E-state index contributed by atoms with van der Waals surface area (Å²) in [6.07, 6.45) is 6.61. The maximum Gasteiger partial charge on any atom is 0.327 e. The first-order chi connectivity index (χ1) is 8.61. The number of urea groups is 1. The average Bonchev–Trinajstić information content (AvgIpc) is 2.33. The molecule has 3 N–H and O–H groups in total. The summed E-state index contributed by atoms with van der Waals surface area (Å²) in [5.74, 6) is 1.06. The highest BCUT2D eigenvalue weighted by Crippen LogP contribution is 1.90. The lowest BCUT2D eigenvalue weighted by atomic mass is 10.2. The number of nitrogens with one attached hydrogen (secondary N) is 2. The van der Waals surface area contributed by atoms with Crippen molar-refractivity contribution in [2.75, 3.05) is 19.8 Å². The minimum atomic E-state index is -1.14. The van der Waals surface area contributed by atoms with E-state index in [0.717, 1.165) is 6.42 Å². The fourth-order valence-corrected chi connectivity index (χ4v) is 1.15. The number of rotatable bonds is 9. The van der Waals surface area contributed by atoms with Crippen molar-refractivity contribution in [1.82, 2.24) is 10.6 Å². The second kappa shape index (κ2) is 10.4. The molecule has 1 unspecified atom stereocenters. The highest BCUT2D eigenvalue weighted by molar-refractivity contribution is 5.82. The molecular formula is C12H20N2O4. The molecule has 0 spiro atoms. The van der Waals surface area contributed by atoms with Gasteiger partial charge in [0.05, 0.1) is 0 Å². The Balaban J connectivity index is 3.69. The quantitative estimate of drug-likeness (QED) is 0.416. The van der Waals surface area contributed by atoms with Crippen LogP contribution in [0.3, 0.4) is 0 Å². The molecule has 6 heteroatoms. The van der Waals surface area contributed by atoms with E-state index in [1.165, 1.54) is 0 Å². The number of aliphatic carboxylic acids is 1. The normalized spacial score (nSPS) is 11.3. The Labute approximate surface area is 107 Å². The van der Waals surface area contributed by atoms with Gasteiger partial charge in [0.2, 0.25) is 0 Å². The Morgan fingerprint density at radius 2 is 2.17 bits per heavy atom. The monoisotopic (exact) mass is 256 g/mol. The Bertz CT molecular complexity index is 299.